The number of nitrogens with zero attached hydrogens (tertiary/aromatic N) is 4. The van der Waals surface area contributed by atoms with Gasteiger partial charge in [-0.2, -0.15) is 0 Å². The third kappa shape index (κ3) is 5.84. The summed E-state index contributed by atoms with van der Waals surface area (Å²) in [6.45, 7) is 7.59. The number of morpholine rings is 1. The van der Waals surface area contributed by atoms with E-state index in [1.165, 1.54) is 0 Å². The molecule has 0 saturated carbocycles. The first kappa shape index (κ1) is 23.1. The van der Waals surface area contributed by atoms with Crippen LogP contribution < -0.4 is 24.6 Å². The van der Waals surface area contributed by atoms with E-state index in [2.05, 4.69) is 25.3 Å². The van der Waals surface area contributed by atoms with Gasteiger partial charge in [-0.15, -0.1) is 10.2 Å². The maximum atomic E-state index is 12.9. The average Bonchev–Trinajstić information content (AvgIpc) is 2.88. The van der Waals surface area contributed by atoms with E-state index in [-0.39, 0.29) is 11.8 Å². The van der Waals surface area contributed by atoms with Crippen LogP contribution in [0.25, 0.3) is 0 Å². The largest absolute Gasteiger partial charge is 0.493 e. The van der Waals surface area contributed by atoms with Crippen molar-refractivity contribution in [1.82, 2.24) is 15.5 Å². The zero-order valence-corrected chi connectivity index (χ0v) is 19.5. The average molecular weight is 456 g/mol. The maximum absolute atomic E-state index is 12.9. The number of rotatable bonds is 8. The summed E-state index contributed by atoms with van der Waals surface area (Å²) in [4.78, 5) is 17.2. The molecule has 0 aliphatic carbocycles. The molecule has 1 aromatic heterocycles. The van der Waals surface area contributed by atoms with Crippen molar-refractivity contribution in [3.8, 4) is 11.5 Å². The molecule has 2 aromatic rings. The van der Waals surface area contributed by atoms with Gasteiger partial charge in [0.2, 0.25) is 5.91 Å². The monoisotopic (exact) mass is 455 g/mol. The molecular formula is C24H33N5O4. The van der Waals surface area contributed by atoms with Crippen LogP contribution in [0, 0.1) is 5.92 Å². The predicted octanol–water partition coefficient (Wildman–Crippen LogP) is 2.25. The Kier molecular flexibility index (Phi) is 7.83. The molecule has 1 atom stereocenters. The first-order chi connectivity index (χ1) is 16.2. The maximum Gasteiger partial charge on any atom is 0.225 e. The first-order valence-corrected chi connectivity index (χ1v) is 11.7. The van der Waals surface area contributed by atoms with Gasteiger partial charge >= 0.3 is 0 Å². The van der Waals surface area contributed by atoms with Gasteiger partial charge in [0.05, 0.1) is 32.8 Å². The topological polar surface area (TPSA) is 89.1 Å². The van der Waals surface area contributed by atoms with Gasteiger partial charge in [-0.05, 0) is 49.6 Å². The number of anilines is 2. The molecule has 0 spiro atoms. The van der Waals surface area contributed by atoms with Crippen LogP contribution in [0.4, 0.5) is 11.6 Å². The third-order valence-corrected chi connectivity index (χ3v) is 6.08. The van der Waals surface area contributed by atoms with E-state index in [0.717, 1.165) is 62.9 Å². The number of carbonyl (C=O) groups is 1. The van der Waals surface area contributed by atoms with Crippen LogP contribution in [-0.4, -0.2) is 69.2 Å². The summed E-state index contributed by atoms with van der Waals surface area (Å²) >= 11 is 0. The van der Waals surface area contributed by atoms with Crippen molar-refractivity contribution >= 4 is 17.5 Å². The van der Waals surface area contributed by atoms with Crippen molar-refractivity contribution < 1.29 is 19.0 Å². The van der Waals surface area contributed by atoms with Gasteiger partial charge in [0.1, 0.15) is 0 Å². The molecule has 0 radical (unpaired) electrons. The van der Waals surface area contributed by atoms with E-state index in [0.29, 0.717) is 31.2 Å². The molecule has 0 unspecified atom stereocenters. The predicted molar refractivity (Wildman–Crippen MR) is 126 cm³/mol. The number of hydrogen-bond acceptors (Lipinski definition) is 8. The Morgan fingerprint density at radius 1 is 1.09 bits per heavy atom. The number of carbonyl (C=O) groups excluding carboxylic acids is 1. The number of hydrogen-bond donors (Lipinski definition) is 1. The SMILES string of the molecule is CCOc1ccc(CNC(=O)[C@@H]2CCCN(c3ccc(N4CCOCC4)nn3)C2)cc1OC. The molecule has 0 bridgehead atoms. The number of benzene rings is 1. The molecule has 33 heavy (non-hydrogen) atoms. The molecule has 1 N–H and O–H groups in total. The van der Waals surface area contributed by atoms with Crippen molar-refractivity contribution in [2.75, 3.05) is 62.9 Å². The van der Waals surface area contributed by atoms with Crippen LogP contribution in [0.5, 0.6) is 11.5 Å². The van der Waals surface area contributed by atoms with Crippen LogP contribution in [0.1, 0.15) is 25.3 Å². The van der Waals surface area contributed by atoms with E-state index < -0.39 is 0 Å². The number of piperidine rings is 1. The van der Waals surface area contributed by atoms with Crippen molar-refractivity contribution in [1.29, 1.82) is 0 Å². The van der Waals surface area contributed by atoms with E-state index in [9.17, 15) is 4.79 Å². The third-order valence-electron chi connectivity index (χ3n) is 6.08. The first-order valence-electron chi connectivity index (χ1n) is 11.7. The van der Waals surface area contributed by atoms with Gasteiger partial charge in [0.15, 0.2) is 23.1 Å². The normalized spacial score (nSPS) is 18.7. The van der Waals surface area contributed by atoms with E-state index >= 15 is 0 Å². The molecule has 2 aliphatic heterocycles. The van der Waals surface area contributed by atoms with Crippen molar-refractivity contribution in [2.45, 2.75) is 26.3 Å². The Bertz CT molecular complexity index is 918. The molecule has 4 rings (SSSR count). The smallest absolute Gasteiger partial charge is 0.225 e. The molecule has 2 aliphatic rings. The second-order valence-electron chi connectivity index (χ2n) is 8.27. The van der Waals surface area contributed by atoms with Gasteiger partial charge in [-0.3, -0.25) is 4.79 Å². The summed E-state index contributed by atoms with van der Waals surface area (Å²) in [5, 5.41) is 11.9. The summed E-state index contributed by atoms with van der Waals surface area (Å²) in [5.74, 6) is 3.06. The van der Waals surface area contributed by atoms with E-state index in [1.54, 1.807) is 7.11 Å². The van der Waals surface area contributed by atoms with Crippen LogP contribution in [0.3, 0.4) is 0 Å². The summed E-state index contributed by atoms with van der Waals surface area (Å²) in [6, 6.07) is 9.75. The number of ether oxygens (including phenoxy) is 3. The minimum absolute atomic E-state index is 0.0606. The number of methoxy groups -OCH3 is 1. The second kappa shape index (κ2) is 11.2. The quantitative estimate of drug-likeness (QED) is 0.649. The molecule has 2 saturated heterocycles. The van der Waals surface area contributed by atoms with Crippen LogP contribution in [-0.2, 0) is 16.1 Å². The van der Waals surface area contributed by atoms with Crippen LogP contribution >= 0.6 is 0 Å². The lowest BCUT2D eigenvalue weighted by Gasteiger charge is -2.33. The van der Waals surface area contributed by atoms with Crippen LogP contribution in [0.2, 0.25) is 0 Å². The highest BCUT2D eigenvalue weighted by Crippen LogP contribution is 2.28. The number of amides is 1. The molecule has 1 aromatic carbocycles. The van der Waals surface area contributed by atoms with Crippen molar-refractivity contribution in [2.24, 2.45) is 5.92 Å². The summed E-state index contributed by atoms with van der Waals surface area (Å²) < 4.78 is 16.4. The molecule has 2 fully saturated rings. The van der Waals surface area contributed by atoms with Crippen LogP contribution in [0.15, 0.2) is 30.3 Å². The van der Waals surface area contributed by atoms with Gasteiger partial charge < -0.3 is 29.3 Å². The summed E-state index contributed by atoms with van der Waals surface area (Å²) in [5.41, 5.74) is 0.973. The van der Waals surface area contributed by atoms with Gasteiger partial charge in [0.25, 0.3) is 0 Å². The zero-order valence-electron chi connectivity index (χ0n) is 19.5. The van der Waals surface area contributed by atoms with E-state index in [1.807, 2.05) is 37.3 Å². The summed E-state index contributed by atoms with van der Waals surface area (Å²) in [7, 11) is 1.62. The minimum atomic E-state index is -0.0796. The molecule has 9 heteroatoms. The van der Waals surface area contributed by atoms with Gasteiger partial charge in [-0.25, -0.2) is 0 Å². The molecular weight excluding hydrogens is 422 g/mol. The second-order valence-corrected chi connectivity index (χ2v) is 8.27. The van der Waals surface area contributed by atoms with E-state index in [4.69, 9.17) is 14.2 Å². The van der Waals surface area contributed by atoms with Crippen molar-refractivity contribution in [3.05, 3.63) is 35.9 Å². The fraction of sp³-hybridized carbons (Fsp3) is 0.542. The van der Waals surface area contributed by atoms with Crippen molar-refractivity contribution in [3.63, 3.8) is 0 Å². The highest BCUT2D eigenvalue weighted by molar-refractivity contribution is 5.79. The standard InChI is InChI=1S/C24H33N5O4/c1-3-33-20-7-6-18(15-21(20)31-2)16-25-24(30)19-5-4-10-29(17-19)23-9-8-22(26-27-23)28-11-13-32-14-12-28/h6-9,15,19H,3-5,10-14,16-17H2,1-2H3,(H,25,30)/t19-/m1/s1. The van der Waals surface area contributed by atoms with Gasteiger partial charge in [0, 0.05) is 32.7 Å². The van der Waals surface area contributed by atoms with Gasteiger partial charge in [-0.1, -0.05) is 6.07 Å². The fourth-order valence-corrected chi connectivity index (χ4v) is 4.28. The highest BCUT2D eigenvalue weighted by Gasteiger charge is 2.27. The lowest BCUT2D eigenvalue weighted by molar-refractivity contribution is -0.125. The Morgan fingerprint density at radius 2 is 1.85 bits per heavy atom. The lowest BCUT2D eigenvalue weighted by atomic mass is 9.97. The summed E-state index contributed by atoms with van der Waals surface area (Å²) in [6.07, 6.45) is 1.82. The molecule has 9 nitrogen and oxygen atoms in total. The zero-order chi connectivity index (χ0) is 23.0. The Morgan fingerprint density at radius 3 is 2.55 bits per heavy atom. The Balaban J connectivity index is 1.32. The fourth-order valence-electron chi connectivity index (χ4n) is 4.28. The highest BCUT2D eigenvalue weighted by atomic mass is 16.5. The Hall–Kier alpha value is -3.07. The minimum Gasteiger partial charge on any atom is -0.493 e. The number of aromatic nitrogens is 2. The Labute approximate surface area is 195 Å². The lowest BCUT2D eigenvalue weighted by Crippen LogP contribution is -2.43. The molecule has 1 amide bonds. The number of nitrogens with one attached hydrogen (secondary N) is 1. The molecule has 3 heterocycles. The molecule has 178 valence electrons.